The second-order valence-electron chi connectivity index (χ2n) is 4.97. The third kappa shape index (κ3) is 3.53. The Hall–Kier alpha value is -2.60. The van der Waals surface area contributed by atoms with Crippen LogP contribution in [0.2, 0.25) is 0 Å². The number of fused-ring (bicyclic) bond motifs is 1. The maximum Gasteiger partial charge on any atom is 0.229 e. The van der Waals surface area contributed by atoms with Crippen molar-refractivity contribution >= 4 is 38.9 Å². The fourth-order valence-electron chi connectivity index (χ4n) is 2.10. The second kappa shape index (κ2) is 5.65. The van der Waals surface area contributed by atoms with E-state index in [2.05, 4.69) is 14.7 Å². The maximum absolute atomic E-state index is 11.1. The molecule has 0 aliphatic heterocycles. The number of H-pyrrole nitrogens is 1. The van der Waals surface area contributed by atoms with Crippen LogP contribution in [-0.2, 0) is 10.0 Å². The molecular formula is C16H15N3O2S. The predicted molar refractivity (Wildman–Crippen MR) is 89.9 cm³/mol. The van der Waals surface area contributed by atoms with Crippen molar-refractivity contribution in [3.05, 3.63) is 59.9 Å². The number of nitrogens with one attached hydrogen (secondary N) is 2. The number of benzene rings is 2. The normalized spacial score (nSPS) is 12.0. The van der Waals surface area contributed by atoms with Crippen LogP contribution in [0.4, 0.5) is 5.69 Å². The van der Waals surface area contributed by atoms with Gasteiger partial charge in [-0.1, -0.05) is 30.3 Å². The second-order valence-corrected chi connectivity index (χ2v) is 6.72. The van der Waals surface area contributed by atoms with E-state index in [0.717, 1.165) is 28.7 Å². The summed E-state index contributed by atoms with van der Waals surface area (Å²) in [4.78, 5) is 7.68. The van der Waals surface area contributed by atoms with Crippen molar-refractivity contribution < 1.29 is 8.42 Å². The van der Waals surface area contributed by atoms with Gasteiger partial charge in [-0.25, -0.2) is 13.4 Å². The summed E-state index contributed by atoms with van der Waals surface area (Å²) in [5.41, 5.74) is 3.42. The number of hydrogen-bond donors (Lipinski definition) is 2. The van der Waals surface area contributed by atoms with E-state index in [-0.39, 0.29) is 0 Å². The van der Waals surface area contributed by atoms with Crippen LogP contribution < -0.4 is 4.72 Å². The zero-order valence-electron chi connectivity index (χ0n) is 11.9. The van der Waals surface area contributed by atoms with Crippen LogP contribution in [0.3, 0.4) is 0 Å². The molecule has 0 saturated heterocycles. The lowest BCUT2D eigenvalue weighted by Gasteiger charge is -2.03. The summed E-state index contributed by atoms with van der Waals surface area (Å²) in [6.45, 7) is 0. The minimum Gasteiger partial charge on any atom is -0.338 e. The number of anilines is 1. The molecule has 1 aromatic heterocycles. The number of rotatable bonds is 4. The summed E-state index contributed by atoms with van der Waals surface area (Å²) >= 11 is 0. The first-order valence-electron chi connectivity index (χ1n) is 6.70. The Balaban J connectivity index is 1.77. The largest absolute Gasteiger partial charge is 0.338 e. The van der Waals surface area contributed by atoms with Crippen LogP contribution in [0.15, 0.2) is 48.5 Å². The predicted octanol–water partition coefficient (Wildman–Crippen LogP) is 3.10. The molecule has 0 atom stereocenters. The van der Waals surface area contributed by atoms with Crippen molar-refractivity contribution in [2.75, 3.05) is 11.0 Å². The average molecular weight is 313 g/mol. The minimum atomic E-state index is -3.24. The molecule has 3 aromatic rings. The van der Waals surface area contributed by atoms with Crippen LogP contribution in [0.1, 0.15) is 11.4 Å². The van der Waals surface area contributed by atoms with Gasteiger partial charge in [0, 0.05) is 5.69 Å². The highest BCUT2D eigenvalue weighted by Gasteiger charge is 2.01. The first kappa shape index (κ1) is 14.3. The molecular weight excluding hydrogens is 298 g/mol. The van der Waals surface area contributed by atoms with Crippen LogP contribution in [0.5, 0.6) is 0 Å². The van der Waals surface area contributed by atoms with Crippen LogP contribution >= 0.6 is 0 Å². The SMILES string of the molecule is CS(=O)(=O)Nc1ccc(C=Cc2nc3ccccc3[nH]2)cc1. The first-order chi connectivity index (χ1) is 10.5. The zero-order chi connectivity index (χ0) is 15.6. The van der Waals surface area contributed by atoms with E-state index in [9.17, 15) is 8.42 Å². The van der Waals surface area contributed by atoms with Gasteiger partial charge < -0.3 is 4.98 Å². The molecule has 0 saturated carbocycles. The van der Waals surface area contributed by atoms with Crippen LogP contribution in [0.25, 0.3) is 23.2 Å². The highest BCUT2D eigenvalue weighted by Crippen LogP contribution is 2.15. The van der Waals surface area contributed by atoms with E-state index in [1.54, 1.807) is 12.1 Å². The highest BCUT2D eigenvalue weighted by molar-refractivity contribution is 7.92. The van der Waals surface area contributed by atoms with E-state index in [1.165, 1.54) is 0 Å². The van der Waals surface area contributed by atoms with Gasteiger partial charge in [-0.3, -0.25) is 4.72 Å². The molecule has 5 nitrogen and oxygen atoms in total. The van der Waals surface area contributed by atoms with Gasteiger partial charge in [0.2, 0.25) is 10.0 Å². The third-order valence-electron chi connectivity index (χ3n) is 3.06. The molecule has 2 aromatic carbocycles. The summed E-state index contributed by atoms with van der Waals surface area (Å²) in [5.74, 6) is 0.777. The average Bonchev–Trinajstić information content (AvgIpc) is 2.88. The lowest BCUT2D eigenvalue weighted by Crippen LogP contribution is -2.09. The molecule has 0 amide bonds. The van der Waals surface area contributed by atoms with Gasteiger partial charge in [-0.05, 0) is 35.9 Å². The van der Waals surface area contributed by atoms with Crippen molar-refractivity contribution in [3.63, 3.8) is 0 Å². The van der Waals surface area contributed by atoms with Gasteiger partial charge in [0.15, 0.2) is 0 Å². The number of hydrogen-bond acceptors (Lipinski definition) is 3. The van der Waals surface area contributed by atoms with Crippen LogP contribution in [-0.4, -0.2) is 24.6 Å². The number of imidazole rings is 1. The van der Waals surface area contributed by atoms with E-state index in [4.69, 9.17) is 0 Å². The van der Waals surface area contributed by atoms with E-state index >= 15 is 0 Å². The summed E-state index contributed by atoms with van der Waals surface area (Å²) < 4.78 is 24.7. The molecule has 0 unspecified atom stereocenters. The number of para-hydroxylation sites is 2. The molecule has 3 rings (SSSR count). The molecule has 6 heteroatoms. The molecule has 0 radical (unpaired) electrons. The van der Waals surface area contributed by atoms with Crippen molar-refractivity contribution in [3.8, 4) is 0 Å². The molecule has 2 N–H and O–H groups in total. The Morgan fingerprint density at radius 2 is 1.77 bits per heavy atom. The Kier molecular flexibility index (Phi) is 3.68. The standard InChI is InChI=1S/C16H15N3O2S/c1-22(20,21)19-13-9-6-12(7-10-13)8-11-16-17-14-4-2-3-5-15(14)18-16/h2-11,19H,1H3,(H,17,18). The Labute approximate surface area is 128 Å². The Bertz CT molecular complexity index is 892. The lowest BCUT2D eigenvalue weighted by atomic mass is 10.2. The molecule has 0 fully saturated rings. The molecule has 0 spiro atoms. The summed E-state index contributed by atoms with van der Waals surface area (Å²) in [6, 6.07) is 15.0. The molecule has 0 aliphatic rings. The lowest BCUT2D eigenvalue weighted by molar-refractivity contribution is 0.607. The quantitative estimate of drug-likeness (QED) is 0.777. The van der Waals surface area contributed by atoms with Gasteiger partial charge in [0.05, 0.1) is 17.3 Å². The van der Waals surface area contributed by atoms with Crippen molar-refractivity contribution in [2.24, 2.45) is 0 Å². The van der Waals surface area contributed by atoms with Crippen LogP contribution in [0, 0.1) is 0 Å². The fraction of sp³-hybridized carbons (Fsp3) is 0.0625. The van der Waals surface area contributed by atoms with E-state index in [1.807, 2.05) is 48.6 Å². The monoisotopic (exact) mass is 313 g/mol. The summed E-state index contributed by atoms with van der Waals surface area (Å²) in [6.07, 6.45) is 4.93. The molecule has 22 heavy (non-hydrogen) atoms. The Morgan fingerprint density at radius 3 is 2.45 bits per heavy atom. The highest BCUT2D eigenvalue weighted by atomic mass is 32.2. The molecule has 0 bridgehead atoms. The van der Waals surface area contributed by atoms with E-state index in [0.29, 0.717) is 5.69 Å². The fourth-order valence-corrected chi connectivity index (χ4v) is 2.67. The third-order valence-corrected chi connectivity index (χ3v) is 3.66. The van der Waals surface area contributed by atoms with Crippen molar-refractivity contribution in [1.82, 2.24) is 9.97 Å². The number of sulfonamides is 1. The topological polar surface area (TPSA) is 74.8 Å². The van der Waals surface area contributed by atoms with Gasteiger partial charge in [-0.15, -0.1) is 0 Å². The summed E-state index contributed by atoms with van der Waals surface area (Å²) in [7, 11) is -3.24. The van der Waals surface area contributed by atoms with Gasteiger partial charge in [-0.2, -0.15) is 0 Å². The van der Waals surface area contributed by atoms with E-state index < -0.39 is 10.0 Å². The summed E-state index contributed by atoms with van der Waals surface area (Å²) in [5, 5.41) is 0. The van der Waals surface area contributed by atoms with Gasteiger partial charge >= 0.3 is 0 Å². The molecule has 1 heterocycles. The minimum absolute atomic E-state index is 0.545. The number of aromatic nitrogens is 2. The van der Waals surface area contributed by atoms with Crippen molar-refractivity contribution in [1.29, 1.82) is 0 Å². The molecule has 112 valence electrons. The van der Waals surface area contributed by atoms with Gasteiger partial charge in [0.25, 0.3) is 0 Å². The van der Waals surface area contributed by atoms with Crippen molar-refractivity contribution in [2.45, 2.75) is 0 Å². The zero-order valence-corrected chi connectivity index (χ0v) is 12.8. The number of nitrogens with zero attached hydrogens (tertiary/aromatic N) is 1. The number of aromatic amines is 1. The van der Waals surface area contributed by atoms with Gasteiger partial charge in [0.1, 0.15) is 5.82 Å². The Morgan fingerprint density at radius 1 is 1.05 bits per heavy atom. The smallest absolute Gasteiger partial charge is 0.229 e. The maximum atomic E-state index is 11.1. The first-order valence-corrected chi connectivity index (χ1v) is 8.59. The molecule has 0 aliphatic carbocycles.